The van der Waals surface area contributed by atoms with Crippen LogP contribution >= 0.6 is 7.82 Å². The van der Waals surface area contributed by atoms with Gasteiger partial charge in [0, 0.05) is 18.4 Å². The van der Waals surface area contributed by atoms with Crippen LogP contribution in [0.25, 0.3) is 0 Å². The van der Waals surface area contributed by atoms with Crippen LogP contribution in [-0.4, -0.2) is 75.6 Å². The van der Waals surface area contributed by atoms with E-state index in [0.717, 1.165) is 82.6 Å². The molecular formula is C37H57F5NO7PS. The summed E-state index contributed by atoms with van der Waals surface area (Å²) >= 11 is -1.41. The molecule has 7 atom stereocenters. The topological polar surface area (TPSA) is 119 Å². The smallest absolute Gasteiger partial charge is 0.524 e. The second kappa shape index (κ2) is 18.5. The molecule has 0 spiro atoms. The van der Waals surface area contributed by atoms with Gasteiger partial charge in [0.15, 0.2) is 0 Å². The minimum atomic E-state index is -5.57. The number of rotatable bonds is 20. The Labute approximate surface area is 308 Å². The minimum absolute atomic E-state index is 0.105. The molecule has 15 heteroatoms. The van der Waals surface area contributed by atoms with Gasteiger partial charge in [-0.25, -0.2) is 4.57 Å². The molecule has 1 aromatic rings. The summed E-state index contributed by atoms with van der Waals surface area (Å²) in [7, 11) is -0.822. The van der Waals surface area contributed by atoms with Gasteiger partial charge in [-0.05, 0) is 119 Å². The van der Waals surface area contributed by atoms with Gasteiger partial charge in [-0.3, -0.25) is 14.6 Å². The van der Waals surface area contributed by atoms with Gasteiger partial charge in [0.1, 0.15) is 23.4 Å². The van der Waals surface area contributed by atoms with E-state index in [1.54, 1.807) is 12.1 Å². The fourth-order valence-corrected chi connectivity index (χ4v) is 10.8. The average molecular weight is 786 g/mol. The number of hydrogen-bond acceptors (Lipinski definition) is 6. The van der Waals surface area contributed by atoms with Crippen molar-refractivity contribution in [3.05, 3.63) is 29.3 Å². The largest absolute Gasteiger partial charge is 0.616 e. The van der Waals surface area contributed by atoms with Crippen LogP contribution < -0.4 is 4.52 Å². The molecule has 0 amide bonds. The first-order valence-corrected chi connectivity index (χ1v) is 21.8. The summed E-state index contributed by atoms with van der Waals surface area (Å²) in [5.41, 5.74) is 2.20. The number of benzene rings is 1. The van der Waals surface area contributed by atoms with Crippen molar-refractivity contribution in [1.29, 1.82) is 0 Å². The van der Waals surface area contributed by atoms with Crippen molar-refractivity contribution in [2.45, 2.75) is 134 Å². The molecule has 8 nitrogen and oxygen atoms in total. The number of hydrogen-bond donors (Lipinski definition) is 2. The number of carbonyl (C=O) groups excluding carboxylic acids is 1. The van der Waals surface area contributed by atoms with Crippen LogP contribution in [0.15, 0.2) is 18.2 Å². The minimum Gasteiger partial charge on any atom is -0.616 e. The Morgan fingerprint density at radius 3 is 2.31 bits per heavy atom. The van der Waals surface area contributed by atoms with E-state index in [1.807, 2.05) is 25.1 Å². The van der Waals surface area contributed by atoms with E-state index in [4.69, 9.17) is 9.26 Å². The lowest BCUT2D eigenvalue weighted by Crippen LogP contribution is -2.48. The Hall–Kier alpha value is -1.44. The SMILES string of the molecule is CN(C)CCC(=O)OC1CCC2C3C(CCCCCCCCC[S+]([O-])CCCC(F)(F)C(F)(F)F)Cc4cc(OP(=O)(O)O)ccc4C3CCC12C. The quantitative estimate of drug-likeness (QED) is 0.0443. The highest BCUT2D eigenvalue weighted by atomic mass is 32.2. The third-order valence-corrected chi connectivity index (χ3v) is 13.7. The predicted octanol–water partition coefficient (Wildman–Crippen LogP) is 8.95. The van der Waals surface area contributed by atoms with E-state index in [-0.39, 0.29) is 29.0 Å². The highest BCUT2D eigenvalue weighted by molar-refractivity contribution is 7.91. The second-order valence-electron chi connectivity index (χ2n) is 15.8. The number of halogens is 5. The van der Waals surface area contributed by atoms with Crippen molar-refractivity contribution >= 4 is 25.0 Å². The molecule has 3 aliphatic carbocycles. The van der Waals surface area contributed by atoms with Gasteiger partial charge in [-0.2, -0.15) is 22.0 Å². The first-order chi connectivity index (χ1) is 24.3. The fourth-order valence-electron chi connectivity index (χ4n) is 9.17. The molecule has 0 radical (unpaired) electrons. The summed E-state index contributed by atoms with van der Waals surface area (Å²) in [5, 5.41) is 0. The van der Waals surface area contributed by atoms with E-state index in [1.165, 1.54) is 5.56 Å². The number of phosphoric acid groups is 1. The van der Waals surface area contributed by atoms with Crippen LogP contribution in [0, 0.1) is 23.2 Å². The third kappa shape index (κ3) is 11.8. The molecule has 2 fully saturated rings. The molecule has 0 aliphatic heterocycles. The standard InChI is InChI=1S/C37H57F5NO7PS/c1-35-20-17-30-29-14-13-28(50-51(45,46)47)25-27(29)24-26(34(30)31(35)15-16-32(35)49-33(44)18-21-43(2)3)12-9-7-5-4-6-8-10-22-52(48)23-11-19-36(38,39)37(40,41)42/h13-14,25-26,30-32,34H,4-12,15-24H2,1-3H3,(H2,45,46,47). The Kier molecular flexibility index (Phi) is 15.4. The predicted molar refractivity (Wildman–Crippen MR) is 191 cm³/mol. The monoisotopic (exact) mass is 785 g/mol. The summed E-state index contributed by atoms with van der Waals surface area (Å²) < 4.78 is 97.8. The van der Waals surface area contributed by atoms with Crippen molar-refractivity contribution in [2.75, 3.05) is 32.1 Å². The van der Waals surface area contributed by atoms with Crippen LogP contribution in [0.4, 0.5) is 22.0 Å². The first kappa shape index (κ1) is 43.3. The molecule has 4 rings (SSSR count). The van der Waals surface area contributed by atoms with Gasteiger partial charge in [0.05, 0.1) is 6.42 Å². The zero-order valence-corrected chi connectivity index (χ0v) is 32.4. The number of fused-ring (bicyclic) bond motifs is 5. The van der Waals surface area contributed by atoms with E-state index in [2.05, 4.69) is 6.92 Å². The first-order valence-electron chi connectivity index (χ1n) is 18.8. The zero-order chi connectivity index (χ0) is 38.3. The normalized spacial score (nSPS) is 26.8. The Morgan fingerprint density at radius 1 is 1.00 bits per heavy atom. The number of nitrogens with zero attached hydrogens (tertiary/aromatic N) is 1. The van der Waals surface area contributed by atoms with Crippen molar-refractivity contribution < 1.29 is 54.9 Å². The molecule has 52 heavy (non-hydrogen) atoms. The van der Waals surface area contributed by atoms with Gasteiger partial charge in [0.2, 0.25) is 0 Å². The molecule has 2 saturated carbocycles. The Balaban J connectivity index is 1.29. The van der Waals surface area contributed by atoms with Gasteiger partial charge in [-0.1, -0.05) is 56.3 Å². The Morgan fingerprint density at radius 2 is 1.65 bits per heavy atom. The molecule has 298 valence electrons. The highest BCUT2D eigenvalue weighted by Gasteiger charge is 2.58. The van der Waals surface area contributed by atoms with Crippen molar-refractivity contribution in [1.82, 2.24) is 4.90 Å². The van der Waals surface area contributed by atoms with Crippen molar-refractivity contribution in [2.24, 2.45) is 23.2 Å². The zero-order valence-electron chi connectivity index (χ0n) is 30.7. The van der Waals surface area contributed by atoms with Crippen LogP contribution in [0.1, 0.15) is 120 Å². The third-order valence-electron chi connectivity index (χ3n) is 11.8. The molecule has 3 aliphatic rings. The number of ether oxygens (including phenoxy) is 1. The van der Waals surface area contributed by atoms with Crippen LogP contribution in [0.5, 0.6) is 5.75 Å². The molecule has 0 saturated heterocycles. The number of esters is 1. The average Bonchev–Trinajstić information content (AvgIpc) is 3.36. The Bertz CT molecular complexity index is 1360. The van der Waals surface area contributed by atoms with E-state index in [0.29, 0.717) is 48.8 Å². The number of alkyl halides is 5. The second-order valence-corrected chi connectivity index (χ2v) is 18.6. The number of unbranched alkanes of at least 4 members (excludes halogenated alkanes) is 6. The summed E-state index contributed by atoms with van der Waals surface area (Å²) in [5.74, 6) is -3.09. The van der Waals surface area contributed by atoms with Crippen molar-refractivity contribution in [3.8, 4) is 5.75 Å². The maximum absolute atomic E-state index is 13.1. The summed E-state index contributed by atoms with van der Waals surface area (Å²) in [6, 6.07) is 5.43. The summed E-state index contributed by atoms with van der Waals surface area (Å²) in [6.45, 7) is 2.95. The molecule has 0 heterocycles. The lowest BCUT2D eigenvalue weighted by molar-refractivity contribution is -0.284. The van der Waals surface area contributed by atoms with Gasteiger partial charge in [-0.15, -0.1) is 0 Å². The molecule has 2 N–H and O–H groups in total. The maximum atomic E-state index is 13.1. The van der Waals surface area contributed by atoms with E-state index < -0.39 is 43.9 Å². The highest BCUT2D eigenvalue weighted by Crippen LogP contribution is 2.63. The van der Waals surface area contributed by atoms with Gasteiger partial charge >= 0.3 is 25.9 Å². The molecule has 7 unspecified atom stereocenters. The lowest BCUT2D eigenvalue weighted by Gasteiger charge is -2.53. The lowest BCUT2D eigenvalue weighted by atomic mass is 9.52. The van der Waals surface area contributed by atoms with Gasteiger partial charge < -0.3 is 18.7 Å². The van der Waals surface area contributed by atoms with Crippen LogP contribution in [0.2, 0.25) is 0 Å². The van der Waals surface area contributed by atoms with E-state index in [9.17, 15) is 45.7 Å². The molecular weight excluding hydrogens is 728 g/mol. The molecule has 0 bridgehead atoms. The van der Waals surface area contributed by atoms with Crippen LogP contribution in [0.3, 0.4) is 0 Å². The maximum Gasteiger partial charge on any atom is 0.524 e. The van der Waals surface area contributed by atoms with Crippen molar-refractivity contribution in [3.63, 3.8) is 0 Å². The fraction of sp³-hybridized carbons (Fsp3) is 0.811. The van der Waals surface area contributed by atoms with Crippen LogP contribution in [-0.2, 0) is 31.7 Å². The number of phosphoric ester groups is 1. The molecule has 0 aromatic heterocycles. The van der Waals surface area contributed by atoms with E-state index >= 15 is 0 Å². The van der Waals surface area contributed by atoms with Gasteiger partial charge in [0.25, 0.3) is 0 Å². The summed E-state index contributed by atoms with van der Waals surface area (Å²) in [4.78, 5) is 33.6. The molecule has 1 aromatic carbocycles. The number of carbonyl (C=O) groups is 1. The summed E-state index contributed by atoms with van der Waals surface area (Å²) in [6.07, 6.45) is 4.96.